The molecule has 0 atom stereocenters. The van der Waals surface area contributed by atoms with Crippen LogP contribution in [0.5, 0.6) is 0 Å². The first-order valence-electron chi connectivity index (χ1n) is 4.10. The number of allylic oxidation sites excluding steroid dienone is 3. The summed E-state index contributed by atoms with van der Waals surface area (Å²) in [6.07, 6.45) is 8.59. The van der Waals surface area contributed by atoms with Gasteiger partial charge in [-0.3, -0.25) is 0 Å². The number of ether oxygens (including phenoxy) is 1. The zero-order valence-corrected chi connectivity index (χ0v) is 7.76. The molecule has 0 aromatic carbocycles. The molecule has 0 aliphatic rings. The maximum absolute atomic E-state index is 4.87. The molecule has 0 unspecified atom stereocenters. The highest BCUT2D eigenvalue weighted by Crippen LogP contribution is 1.99. The summed E-state index contributed by atoms with van der Waals surface area (Å²) in [5, 5.41) is 0. The molecule has 0 rings (SSSR count). The number of methoxy groups -OCH3 is 1. The van der Waals surface area contributed by atoms with Gasteiger partial charge in [-0.1, -0.05) is 30.7 Å². The van der Waals surface area contributed by atoms with Crippen molar-refractivity contribution >= 4 is 0 Å². The third-order valence-corrected chi connectivity index (χ3v) is 1.59. The minimum absolute atomic E-state index is 0.721. The van der Waals surface area contributed by atoms with Crippen molar-refractivity contribution in [1.29, 1.82) is 0 Å². The van der Waals surface area contributed by atoms with Crippen molar-refractivity contribution in [2.24, 2.45) is 0 Å². The number of hydrogen-bond donors (Lipinski definition) is 0. The Morgan fingerprint density at radius 2 is 2.09 bits per heavy atom. The summed E-state index contributed by atoms with van der Waals surface area (Å²) in [5.41, 5.74) is 1.45. The van der Waals surface area contributed by atoms with E-state index in [9.17, 15) is 0 Å². The van der Waals surface area contributed by atoms with Crippen molar-refractivity contribution in [3.05, 3.63) is 23.8 Å². The minimum Gasteiger partial charge on any atom is -0.381 e. The standard InChI is InChI=1S/C10H18O/c1-4-10(2)8-6-5-7-9-11-3/h5,7-8H,4,6,9H2,1-3H3/b7-5-,10-8-. The molecular weight excluding hydrogens is 136 g/mol. The van der Waals surface area contributed by atoms with E-state index in [1.807, 2.05) is 6.08 Å². The summed E-state index contributed by atoms with van der Waals surface area (Å²) in [7, 11) is 1.71. The fraction of sp³-hybridized carbons (Fsp3) is 0.600. The Balaban J connectivity index is 3.39. The van der Waals surface area contributed by atoms with Gasteiger partial charge in [-0.05, 0) is 19.8 Å². The van der Waals surface area contributed by atoms with E-state index in [1.54, 1.807) is 7.11 Å². The molecule has 11 heavy (non-hydrogen) atoms. The van der Waals surface area contributed by atoms with Gasteiger partial charge in [0.2, 0.25) is 0 Å². The SMILES string of the molecule is CC/C(C)=C\C/C=C\COC. The van der Waals surface area contributed by atoms with E-state index in [1.165, 1.54) is 5.57 Å². The van der Waals surface area contributed by atoms with Gasteiger partial charge in [-0.25, -0.2) is 0 Å². The van der Waals surface area contributed by atoms with Crippen LogP contribution >= 0.6 is 0 Å². The van der Waals surface area contributed by atoms with Crippen molar-refractivity contribution in [2.75, 3.05) is 13.7 Å². The van der Waals surface area contributed by atoms with E-state index in [2.05, 4.69) is 26.0 Å². The van der Waals surface area contributed by atoms with Crippen LogP contribution in [0.4, 0.5) is 0 Å². The van der Waals surface area contributed by atoms with Gasteiger partial charge in [0, 0.05) is 7.11 Å². The van der Waals surface area contributed by atoms with E-state index >= 15 is 0 Å². The molecular formula is C10H18O. The van der Waals surface area contributed by atoms with Crippen LogP contribution in [-0.4, -0.2) is 13.7 Å². The van der Waals surface area contributed by atoms with Crippen molar-refractivity contribution in [2.45, 2.75) is 26.7 Å². The average Bonchev–Trinajstić information content (AvgIpc) is 2.04. The lowest BCUT2D eigenvalue weighted by atomic mass is 10.2. The first kappa shape index (κ1) is 10.4. The van der Waals surface area contributed by atoms with Crippen LogP contribution < -0.4 is 0 Å². The van der Waals surface area contributed by atoms with Crippen LogP contribution in [-0.2, 0) is 4.74 Å². The topological polar surface area (TPSA) is 9.23 Å². The first-order chi connectivity index (χ1) is 5.31. The smallest absolute Gasteiger partial charge is 0.0643 e. The molecule has 0 bridgehead atoms. The largest absolute Gasteiger partial charge is 0.381 e. The summed E-state index contributed by atoms with van der Waals surface area (Å²) < 4.78 is 4.87. The predicted molar refractivity (Wildman–Crippen MR) is 49.7 cm³/mol. The molecule has 0 heterocycles. The van der Waals surface area contributed by atoms with E-state index in [0.29, 0.717) is 0 Å². The summed E-state index contributed by atoms with van der Waals surface area (Å²) in [5.74, 6) is 0. The normalized spacial score (nSPS) is 12.8. The molecule has 0 N–H and O–H groups in total. The third kappa shape index (κ3) is 7.34. The Labute approximate surface area is 69.8 Å². The molecule has 64 valence electrons. The fourth-order valence-electron chi connectivity index (χ4n) is 0.674. The lowest BCUT2D eigenvalue weighted by Gasteiger charge is -1.91. The third-order valence-electron chi connectivity index (χ3n) is 1.59. The second-order valence-corrected chi connectivity index (χ2v) is 2.57. The van der Waals surface area contributed by atoms with E-state index < -0.39 is 0 Å². The molecule has 1 heteroatoms. The molecule has 0 spiro atoms. The van der Waals surface area contributed by atoms with Gasteiger partial charge in [0.05, 0.1) is 6.61 Å². The number of hydrogen-bond acceptors (Lipinski definition) is 1. The monoisotopic (exact) mass is 154 g/mol. The molecule has 0 saturated carbocycles. The molecule has 0 aliphatic carbocycles. The second kappa shape index (κ2) is 7.55. The Morgan fingerprint density at radius 1 is 1.36 bits per heavy atom. The van der Waals surface area contributed by atoms with Crippen LogP contribution in [0.15, 0.2) is 23.8 Å². The number of rotatable bonds is 5. The van der Waals surface area contributed by atoms with Crippen molar-refractivity contribution in [3.8, 4) is 0 Å². The Kier molecular flexibility index (Phi) is 7.16. The highest BCUT2D eigenvalue weighted by molar-refractivity contribution is 5.01. The fourth-order valence-corrected chi connectivity index (χ4v) is 0.674. The maximum atomic E-state index is 4.87. The Morgan fingerprint density at radius 3 is 2.64 bits per heavy atom. The molecule has 0 aliphatic heterocycles. The summed E-state index contributed by atoms with van der Waals surface area (Å²) in [4.78, 5) is 0. The molecule has 0 aromatic rings. The van der Waals surface area contributed by atoms with Gasteiger partial charge in [-0.2, -0.15) is 0 Å². The summed E-state index contributed by atoms with van der Waals surface area (Å²) in [6.45, 7) is 5.05. The van der Waals surface area contributed by atoms with Crippen LogP contribution in [0.2, 0.25) is 0 Å². The van der Waals surface area contributed by atoms with Crippen LogP contribution in [0.1, 0.15) is 26.7 Å². The zero-order chi connectivity index (χ0) is 8.53. The summed E-state index contributed by atoms with van der Waals surface area (Å²) in [6, 6.07) is 0. The van der Waals surface area contributed by atoms with Crippen LogP contribution in [0.3, 0.4) is 0 Å². The van der Waals surface area contributed by atoms with Gasteiger partial charge < -0.3 is 4.74 Å². The summed E-state index contributed by atoms with van der Waals surface area (Å²) >= 11 is 0. The van der Waals surface area contributed by atoms with Crippen LogP contribution in [0, 0.1) is 0 Å². The van der Waals surface area contributed by atoms with Crippen molar-refractivity contribution in [1.82, 2.24) is 0 Å². The van der Waals surface area contributed by atoms with Crippen LogP contribution in [0.25, 0.3) is 0 Å². The van der Waals surface area contributed by atoms with Gasteiger partial charge in [0.15, 0.2) is 0 Å². The molecule has 0 radical (unpaired) electrons. The molecule has 0 amide bonds. The molecule has 0 fully saturated rings. The highest BCUT2D eigenvalue weighted by Gasteiger charge is 1.79. The van der Waals surface area contributed by atoms with E-state index in [-0.39, 0.29) is 0 Å². The predicted octanol–water partition coefficient (Wildman–Crippen LogP) is 2.94. The lowest BCUT2D eigenvalue weighted by molar-refractivity contribution is 0.233. The van der Waals surface area contributed by atoms with E-state index in [0.717, 1.165) is 19.4 Å². The quantitative estimate of drug-likeness (QED) is 0.553. The molecule has 1 nitrogen and oxygen atoms in total. The van der Waals surface area contributed by atoms with E-state index in [4.69, 9.17) is 4.74 Å². The average molecular weight is 154 g/mol. The van der Waals surface area contributed by atoms with Crippen molar-refractivity contribution < 1.29 is 4.74 Å². The molecule has 0 aromatic heterocycles. The zero-order valence-electron chi connectivity index (χ0n) is 7.76. The minimum atomic E-state index is 0.721. The second-order valence-electron chi connectivity index (χ2n) is 2.57. The van der Waals surface area contributed by atoms with Gasteiger partial charge in [0.25, 0.3) is 0 Å². The Bertz CT molecular complexity index is 134. The maximum Gasteiger partial charge on any atom is 0.0643 e. The first-order valence-corrected chi connectivity index (χ1v) is 4.10. The Hall–Kier alpha value is -0.560. The van der Waals surface area contributed by atoms with Crippen molar-refractivity contribution in [3.63, 3.8) is 0 Å². The molecule has 0 saturated heterocycles. The lowest BCUT2D eigenvalue weighted by Crippen LogP contribution is -1.79. The van der Waals surface area contributed by atoms with Gasteiger partial charge >= 0.3 is 0 Å². The highest BCUT2D eigenvalue weighted by atomic mass is 16.5. The van der Waals surface area contributed by atoms with Gasteiger partial charge in [-0.15, -0.1) is 0 Å². The van der Waals surface area contributed by atoms with Gasteiger partial charge in [0.1, 0.15) is 0 Å².